The minimum absolute atomic E-state index is 0.142. The highest BCUT2D eigenvalue weighted by atomic mass is 32.2. The summed E-state index contributed by atoms with van der Waals surface area (Å²) in [5.41, 5.74) is 0. The molecule has 1 saturated carbocycles. The second-order valence-corrected chi connectivity index (χ2v) is 7.01. The van der Waals surface area contributed by atoms with Gasteiger partial charge in [0.05, 0.1) is 5.75 Å². The molecule has 5 nitrogen and oxygen atoms in total. The van der Waals surface area contributed by atoms with Crippen molar-refractivity contribution in [3.05, 3.63) is 0 Å². The van der Waals surface area contributed by atoms with Gasteiger partial charge in [-0.25, -0.2) is 8.42 Å². The predicted molar refractivity (Wildman–Crippen MR) is 65.0 cm³/mol. The molecule has 6 heteroatoms. The van der Waals surface area contributed by atoms with Crippen molar-refractivity contribution in [3.8, 4) is 0 Å². The van der Waals surface area contributed by atoms with Gasteiger partial charge in [-0.3, -0.25) is 4.79 Å². The van der Waals surface area contributed by atoms with Crippen molar-refractivity contribution >= 4 is 15.9 Å². The number of nitrogens with zero attached hydrogens (tertiary/aromatic N) is 2. The molecule has 0 unspecified atom stereocenters. The van der Waals surface area contributed by atoms with Crippen molar-refractivity contribution in [3.63, 3.8) is 0 Å². The molecule has 0 atom stereocenters. The lowest BCUT2D eigenvalue weighted by Crippen LogP contribution is -2.52. The van der Waals surface area contributed by atoms with Gasteiger partial charge in [0.25, 0.3) is 0 Å². The second kappa shape index (κ2) is 4.94. The lowest BCUT2D eigenvalue weighted by Gasteiger charge is -2.37. The van der Waals surface area contributed by atoms with Crippen LogP contribution in [-0.4, -0.2) is 55.5 Å². The summed E-state index contributed by atoms with van der Waals surface area (Å²) in [7, 11) is -3.09. The lowest BCUT2D eigenvalue weighted by atomic mass is 9.84. The molecule has 0 radical (unpaired) electrons. The number of carbonyl (C=O) groups is 1. The lowest BCUT2D eigenvalue weighted by molar-refractivity contribution is -0.139. The van der Waals surface area contributed by atoms with Gasteiger partial charge in [-0.1, -0.05) is 6.42 Å². The van der Waals surface area contributed by atoms with Crippen LogP contribution in [-0.2, 0) is 14.8 Å². The van der Waals surface area contributed by atoms with Crippen LogP contribution in [0.1, 0.15) is 26.2 Å². The Balaban J connectivity index is 1.87. The van der Waals surface area contributed by atoms with E-state index in [2.05, 4.69) is 0 Å². The average molecular weight is 260 g/mol. The van der Waals surface area contributed by atoms with Crippen LogP contribution in [0.3, 0.4) is 0 Å². The normalized spacial score (nSPS) is 23.5. The summed E-state index contributed by atoms with van der Waals surface area (Å²) in [6.45, 7) is 3.66. The summed E-state index contributed by atoms with van der Waals surface area (Å²) < 4.78 is 24.8. The first-order valence-electron chi connectivity index (χ1n) is 6.31. The summed E-state index contributed by atoms with van der Waals surface area (Å²) in [6.07, 6.45) is 3.17. The Morgan fingerprint density at radius 3 is 2.18 bits per heavy atom. The Kier molecular flexibility index (Phi) is 3.73. The zero-order chi connectivity index (χ0) is 12.5. The van der Waals surface area contributed by atoms with Gasteiger partial charge < -0.3 is 4.90 Å². The second-order valence-electron chi connectivity index (χ2n) is 4.75. The van der Waals surface area contributed by atoms with E-state index < -0.39 is 10.0 Å². The fourth-order valence-electron chi connectivity index (χ4n) is 2.28. The number of carbonyl (C=O) groups excluding carboxylic acids is 1. The number of hydrogen-bond donors (Lipinski definition) is 0. The maximum atomic E-state index is 12.0. The van der Waals surface area contributed by atoms with Gasteiger partial charge in [-0.05, 0) is 19.8 Å². The van der Waals surface area contributed by atoms with Crippen molar-refractivity contribution in [2.24, 2.45) is 5.92 Å². The van der Waals surface area contributed by atoms with Gasteiger partial charge in [0.15, 0.2) is 0 Å². The molecule has 0 aromatic rings. The third kappa shape index (κ3) is 2.63. The molecule has 0 bridgehead atoms. The number of piperazine rings is 1. The van der Waals surface area contributed by atoms with Crippen LogP contribution in [0.5, 0.6) is 0 Å². The fourth-order valence-corrected chi connectivity index (χ4v) is 3.37. The zero-order valence-electron chi connectivity index (χ0n) is 10.3. The molecule has 1 saturated heterocycles. The monoisotopic (exact) mass is 260 g/mol. The molecule has 0 aromatic heterocycles. The van der Waals surface area contributed by atoms with Gasteiger partial charge in [0.1, 0.15) is 0 Å². The van der Waals surface area contributed by atoms with E-state index in [1.54, 1.807) is 6.92 Å². The molecule has 1 aliphatic heterocycles. The predicted octanol–water partition coefficient (Wildman–Crippen LogP) is 0.280. The Morgan fingerprint density at radius 1 is 1.18 bits per heavy atom. The highest BCUT2D eigenvalue weighted by Crippen LogP contribution is 2.28. The smallest absolute Gasteiger partial charge is 0.225 e. The van der Waals surface area contributed by atoms with Gasteiger partial charge >= 0.3 is 0 Å². The number of rotatable bonds is 3. The molecule has 1 heterocycles. The van der Waals surface area contributed by atoms with E-state index in [4.69, 9.17) is 0 Å². The van der Waals surface area contributed by atoms with Crippen molar-refractivity contribution in [2.45, 2.75) is 26.2 Å². The van der Waals surface area contributed by atoms with Crippen molar-refractivity contribution in [1.29, 1.82) is 0 Å². The molecule has 0 aromatic carbocycles. The van der Waals surface area contributed by atoms with Gasteiger partial charge in [-0.2, -0.15) is 4.31 Å². The van der Waals surface area contributed by atoms with Crippen LogP contribution < -0.4 is 0 Å². The summed E-state index contributed by atoms with van der Waals surface area (Å²) >= 11 is 0. The zero-order valence-corrected chi connectivity index (χ0v) is 11.1. The van der Waals surface area contributed by atoms with Gasteiger partial charge in [0, 0.05) is 32.1 Å². The summed E-state index contributed by atoms with van der Waals surface area (Å²) in [4.78, 5) is 13.8. The first kappa shape index (κ1) is 12.8. The van der Waals surface area contributed by atoms with E-state index in [0.717, 1.165) is 19.3 Å². The Labute approximate surface area is 103 Å². The number of amides is 1. The Morgan fingerprint density at radius 2 is 1.76 bits per heavy atom. The van der Waals surface area contributed by atoms with E-state index in [-0.39, 0.29) is 17.6 Å². The first-order chi connectivity index (χ1) is 8.04. The Hall–Kier alpha value is -0.620. The standard InChI is InChI=1S/C11H20N2O3S/c1-2-17(15,16)13-8-6-12(7-9-13)11(14)10-4-3-5-10/h10H,2-9H2,1H3. The van der Waals surface area contributed by atoms with Crippen molar-refractivity contribution < 1.29 is 13.2 Å². The molecule has 2 aliphatic rings. The molecule has 0 N–H and O–H groups in total. The van der Waals surface area contributed by atoms with Crippen LogP contribution in [0.4, 0.5) is 0 Å². The molecule has 2 fully saturated rings. The maximum Gasteiger partial charge on any atom is 0.225 e. The SMILES string of the molecule is CCS(=O)(=O)N1CCN(C(=O)C2CCC2)CC1. The number of hydrogen-bond acceptors (Lipinski definition) is 3. The van der Waals surface area contributed by atoms with Gasteiger partial charge in [-0.15, -0.1) is 0 Å². The van der Waals surface area contributed by atoms with Crippen LogP contribution in [0.25, 0.3) is 0 Å². The molecule has 98 valence electrons. The molecular weight excluding hydrogens is 240 g/mol. The molecule has 1 aliphatic carbocycles. The van der Waals surface area contributed by atoms with E-state index in [0.29, 0.717) is 26.2 Å². The quantitative estimate of drug-likeness (QED) is 0.732. The summed E-state index contributed by atoms with van der Waals surface area (Å²) in [6, 6.07) is 0. The topological polar surface area (TPSA) is 57.7 Å². The van der Waals surface area contributed by atoms with Crippen LogP contribution in [0.15, 0.2) is 0 Å². The van der Waals surface area contributed by atoms with Gasteiger partial charge in [0.2, 0.25) is 15.9 Å². The highest BCUT2D eigenvalue weighted by Gasteiger charge is 2.33. The van der Waals surface area contributed by atoms with E-state index in [1.165, 1.54) is 4.31 Å². The van der Waals surface area contributed by atoms with Crippen LogP contribution in [0.2, 0.25) is 0 Å². The van der Waals surface area contributed by atoms with E-state index in [9.17, 15) is 13.2 Å². The van der Waals surface area contributed by atoms with Crippen molar-refractivity contribution in [1.82, 2.24) is 9.21 Å². The molecular formula is C11H20N2O3S. The number of sulfonamides is 1. The van der Waals surface area contributed by atoms with E-state index >= 15 is 0 Å². The summed E-state index contributed by atoms with van der Waals surface area (Å²) in [5.74, 6) is 0.581. The Bertz CT molecular complexity index is 382. The fraction of sp³-hybridized carbons (Fsp3) is 0.909. The van der Waals surface area contributed by atoms with Crippen LogP contribution >= 0.6 is 0 Å². The highest BCUT2D eigenvalue weighted by molar-refractivity contribution is 7.89. The minimum Gasteiger partial charge on any atom is -0.340 e. The third-order valence-electron chi connectivity index (χ3n) is 3.76. The van der Waals surface area contributed by atoms with E-state index in [1.807, 2.05) is 4.90 Å². The maximum absolute atomic E-state index is 12.0. The van der Waals surface area contributed by atoms with Crippen LogP contribution in [0, 0.1) is 5.92 Å². The van der Waals surface area contributed by atoms with Crippen molar-refractivity contribution in [2.75, 3.05) is 31.9 Å². The first-order valence-corrected chi connectivity index (χ1v) is 7.92. The minimum atomic E-state index is -3.09. The molecule has 0 spiro atoms. The average Bonchev–Trinajstić information content (AvgIpc) is 2.27. The third-order valence-corrected chi connectivity index (χ3v) is 5.64. The molecule has 1 amide bonds. The summed E-state index contributed by atoms with van der Waals surface area (Å²) in [5, 5.41) is 0. The molecule has 17 heavy (non-hydrogen) atoms. The molecule has 2 rings (SSSR count). The largest absolute Gasteiger partial charge is 0.340 e.